The van der Waals surface area contributed by atoms with Crippen LogP contribution in [0.3, 0.4) is 0 Å². The van der Waals surface area contributed by atoms with E-state index < -0.39 is 0 Å². The summed E-state index contributed by atoms with van der Waals surface area (Å²) in [6, 6.07) is 0. The molecule has 1 radical (unpaired) electrons. The molecule has 8 heavy (non-hydrogen) atoms. The van der Waals surface area contributed by atoms with E-state index in [0.717, 1.165) is 0 Å². The van der Waals surface area contributed by atoms with Crippen molar-refractivity contribution >= 4 is 37.7 Å². The van der Waals surface area contributed by atoms with Crippen LogP contribution in [0.15, 0.2) is 0 Å². The Balaban J connectivity index is 0. The van der Waals surface area contributed by atoms with E-state index in [0.29, 0.717) is 0 Å². The van der Waals surface area contributed by atoms with Crippen molar-refractivity contribution in [3.8, 4) is 0 Å². The van der Waals surface area contributed by atoms with Gasteiger partial charge < -0.3 is 0 Å². The third kappa shape index (κ3) is 5.33. The van der Waals surface area contributed by atoms with Gasteiger partial charge in [-0.3, -0.25) is 0 Å². The standard InChI is InChI=1S/C6H11.2Li.2H/c1-2-4-6-5-3-1;;;;/h1H,2-6H2;;;;. The van der Waals surface area contributed by atoms with Crippen LogP contribution in [0.5, 0.6) is 0 Å². The zero-order chi connectivity index (χ0) is 4.24. The Kier molecular flexibility index (Phi) is 12.2. The Morgan fingerprint density at radius 2 is 1.25 bits per heavy atom. The van der Waals surface area contributed by atoms with Crippen molar-refractivity contribution in [2.45, 2.75) is 32.1 Å². The Labute approximate surface area is 76.2 Å². The van der Waals surface area contributed by atoms with Crippen LogP contribution in [0.25, 0.3) is 0 Å². The molecule has 2 heteroatoms. The van der Waals surface area contributed by atoms with Gasteiger partial charge in [0.05, 0.1) is 0 Å². The van der Waals surface area contributed by atoms with E-state index in [9.17, 15) is 0 Å². The van der Waals surface area contributed by atoms with Crippen molar-refractivity contribution in [1.29, 1.82) is 0 Å². The Bertz CT molecular complexity index is 22.0. The molecule has 0 heterocycles. The summed E-state index contributed by atoms with van der Waals surface area (Å²) in [6.07, 6.45) is 9.50. The van der Waals surface area contributed by atoms with Gasteiger partial charge in [0.1, 0.15) is 0 Å². The predicted octanol–water partition coefficient (Wildman–Crippen LogP) is 0.858. The van der Waals surface area contributed by atoms with Gasteiger partial charge in [-0.1, -0.05) is 32.1 Å². The van der Waals surface area contributed by atoms with Gasteiger partial charge in [-0.25, -0.2) is 0 Å². The Hall–Kier alpha value is 1.19. The number of rotatable bonds is 0. The minimum atomic E-state index is 0. The van der Waals surface area contributed by atoms with Crippen molar-refractivity contribution in [3.05, 3.63) is 6.42 Å². The molecule has 1 fully saturated rings. The Morgan fingerprint density at radius 3 is 1.38 bits per heavy atom. The van der Waals surface area contributed by atoms with E-state index >= 15 is 0 Å². The third-order valence-corrected chi connectivity index (χ3v) is 1.32. The molecule has 0 aromatic carbocycles. The average molecular weight is 99.1 g/mol. The van der Waals surface area contributed by atoms with E-state index in [1.54, 1.807) is 0 Å². The van der Waals surface area contributed by atoms with Crippen LogP contribution in [0.2, 0.25) is 0 Å². The van der Waals surface area contributed by atoms with E-state index in [4.69, 9.17) is 0 Å². The molecule has 39 valence electrons. The maximum absolute atomic E-state index is 2.39. The average Bonchev–Trinajstić information content (AvgIpc) is 1.72. The van der Waals surface area contributed by atoms with Crippen LogP contribution < -0.4 is 0 Å². The van der Waals surface area contributed by atoms with Crippen LogP contribution in [0.4, 0.5) is 0 Å². The van der Waals surface area contributed by atoms with Gasteiger partial charge in [0.2, 0.25) is 0 Å². The first-order valence-electron chi connectivity index (χ1n) is 2.82. The SMILES string of the molecule is [CH]1CCCCC1.[LiH].[LiH]. The quantitative estimate of drug-likeness (QED) is 0.395. The molecule has 1 saturated carbocycles. The molecule has 1 rings (SSSR count). The van der Waals surface area contributed by atoms with Crippen molar-refractivity contribution in [2.24, 2.45) is 0 Å². The van der Waals surface area contributed by atoms with Crippen LogP contribution in [0.1, 0.15) is 32.1 Å². The van der Waals surface area contributed by atoms with Crippen LogP contribution in [-0.2, 0) is 0 Å². The fraction of sp³-hybridized carbons (Fsp3) is 0.833. The molecule has 0 aromatic heterocycles. The minimum absolute atomic E-state index is 0. The van der Waals surface area contributed by atoms with Crippen LogP contribution in [0, 0.1) is 6.42 Å². The summed E-state index contributed by atoms with van der Waals surface area (Å²) in [4.78, 5) is 0. The first-order valence-corrected chi connectivity index (χ1v) is 2.82. The third-order valence-electron chi connectivity index (χ3n) is 1.32. The Morgan fingerprint density at radius 1 is 0.750 bits per heavy atom. The second-order valence-corrected chi connectivity index (χ2v) is 1.93. The van der Waals surface area contributed by atoms with Crippen LogP contribution >= 0.6 is 0 Å². The molecule has 0 aliphatic heterocycles. The maximum atomic E-state index is 2.39. The molecule has 0 saturated heterocycles. The monoisotopic (exact) mass is 99.1 g/mol. The summed E-state index contributed by atoms with van der Waals surface area (Å²) in [6.45, 7) is 0. The second kappa shape index (κ2) is 8.19. The number of hydrogen-bond donors (Lipinski definition) is 0. The molecule has 0 amide bonds. The van der Waals surface area contributed by atoms with Gasteiger partial charge in [-0.05, 0) is 6.42 Å². The topological polar surface area (TPSA) is 0 Å². The molecule has 1 aliphatic carbocycles. The molecule has 0 spiro atoms. The van der Waals surface area contributed by atoms with Crippen molar-refractivity contribution in [1.82, 2.24) is 0 Å². The summed E-state index contributed by atoms with van der Waals surface area (Å²) in [5, 5.41) is 0. The van der Waals surface area contributed by atoms with E-state index in [-0.39, 0.29) is 37.7 Å². The van der Waals surface area contributed by atoms with E-state index in [2.05, 4.69) is 6.42 Å². The summed E-state index contributed by atoms with van der Waals surface area (Å²) >= 11 is 0. The van der Waals surface area contributed by atoms with E-state index in [1.807, 2.05) is 0 Å². The van der Waals surface area contributed by atoms with Gasteiger partial charge in [0.25, 0.3) is 0 Å². The van der Waals surface area contributed by atoms with Crippen LogP contribution in [-0.4, -0.2) is 37.7 Å². The first-order chi connectivity index (χ1) is 3.00. The molecular formula is C6H13Li2. The second-order valence-electron chi connectivity index (χ2n) is 1.93. The molecule has 0 nitrogen and oxygen atoms in total. The van der Waals surface area contributed by atoms with E-state index in [1.165, 1.54) is 32.1 Å². The molecule has 0 atom stereocenters. The van der Waals surface area contributed by atoms with Gasteiger partial charge in [-0.2, -0.15) is 0 Å². The van der Waals surface area contributed by atoms with Gasteiger partial charge in [-0.15, -0.1) is 0 Å². The summed E-state index contributed by atoms with van der Waals surface area (Å²) in [5.74, 6) is 0. The summed E-state index contributed by atoms with van der Waals surface area (Å²) in [7, 11) is 0. The molecular weight excluding hydrogens is 85.9 g/mol. The fourth-order valence-corrected chi connectivity index (χ4v) is 0.898. The molecule has 0 unspecified atom stereocenters. The normalized spacial score (nSPS) is 18.0. The molecule has 1 aliphatic rings. The van der Waals surface area contributed by atoms with Gasteiger partial charge in [0.15, 0.2) is 0 Å². The van der Waals surface area contributed by atoms with Gasteiger partial charge >= 0.3 is 37.7 Å². The zero-order valence-corrected chi connectivity index (χ0v) is 4.11. The molecule has 0 aromatic rings. The zero-order valence-electron chi connectivity index (χ0n) is 4.11. The molecule has 0 N–H and O–H groups in total. The first kappa shape index (κ1) is 11.9. The summed E-state index contributed by atoms with van der Waals surface area (Å²) in [5.41, 5.74) is 0. The van der Waals surface area contributed by atoms with Gasteiger partial charge in [0, 0.05) is 0 Å². The van der Waals surface area contributed by atoms with Crippen molar-refractivity contribution < 1.29 is 0 Å². The summed E-state index contributed by atoms with van der Waals surface area (Å²) < 4.78 is 0. The predicted molar refractivity (Wildman–Crippen MR) is 41.7 cm³/mol. The molecule has 0 bridgehead atoms. The fourth-order valence-electron chi connectivity index (χ4n) is 0.898. The number of hydrogen-bond acceptors (Lipinski definition) is 0. The van der Waals surface area contributed by atoms with Crippen molar-refractivity contribution in [2.75, 3.05) is 0 Å². The van der Waals surface area contributed by atoms with Crippen molar-refractivity contribution in [3.63, 3.8) is 0 Å².